The zero-order valence-corrected chi connectivity index (χ0v) is 16.2. The van der Waals surface area contributed by atoms with Gasteiger partial charge in [0, 0.05) is 43.4 Å². The minimum absolute atomic E-state index is 0.0233. The average molecular weight is 381 g/mol. The maximum absolute atomic E-state index is 12.3. The van der Waals surface area contributed by atoms with Gasteiger partial charge in [-0.05, 0) is 37.8 Å². The number of nitrogens with two attached hydrogens (primary N) is 2. The van der Waals surface area contributed by atoms with Gasteiger partial charge in [0.05, 0.1) is 12.2 Å². The van der Waals surface area contributed by atoms with E-state index in [2.05, 4.69) is 32.1 Å². The van der Waals surface area contributed by atoms with Gasteiger partial charge in [0.15, 0.2) is 0 Å². The Kier molecular flexibility index (Phi) is 4.89. The Hall–Kier alpha value is -2.74. The first kappa shape index (κ1) is 18.6. The number of carbonyl (C=O) groups excluding carboxylic acids is 1. The van der Waals surface area contributed by atoms with Crippen LogP contribution in [0.4, 0.5) is 11.6 Å². The first-order valence-electron chi connectivity index (χ1n) is 9.80. The third kappa shape index (κ3) is 3.91. The van der Waals surface area contributed by atoms with Crippen molar-refractivity contribution in [2.45, 2.75) is 50.6 Å². The summed E-state index contributed by atoms with van der Waals surface area (Å²) in [7, 11) is 0. The first-order chi connectivity index (χ1) is 13.4. The molecule has 0 aromatic carbocycles. The minimum Gasteiger partial charge on any atom is -0.382 e. The summed E-state index contributed by atoms with van der Waals surface area (Å²) in [6.07, 6.45) is 6.96. The first-order valence-corrected chi connectivity index (χ1v) is 9.80. The summed E-state index contributed by atoms with van der Waals surface area (Å²) in [5.41, 5.74) is 15.0. The maximum atomic E-state index is 12.3. The van der Waals surface area contributed by atoms with E-state index in [1.54, 1.807) is 12.4 Å². The number of carbonyl (C=O) groups is 1. The molecule has 1 amide bonds. The van der Waals surface area contributed by atoms with E-state index < -0.39 is 0 Å². The van der Waals surface area contributed by atoms with E-state index in [-0.39, 0.29) is 17.5 Å². The molecule has 1 unspecified atom stereocenters. The molecule has 0 spiro atoms. The zero-order chi connectivity index (χ0) is 19.7. The van der Waals surface area contributed by atoms with E-state index >= 15 is 0 Å². The van der Waals surface area contributed by atoms with Gasteiger partial charge in [-0.25, -0.2) is 4.98 Å². The number of rotatable bonds is 2. The van der Waals surface area contributed by atoms with Gasteiger partial charge in [-0.3, -0.25) is 14.8 Å². The predicted molar refractivity (Wildman–Crippen MR) is 108 cm³/mol. The van der Waals surface area contributed by atoms with E-state index in [0.717, 1.165) is 43.0 Å². The van der Waals surface area contributed by atoms with E-state index in [1.165, 1.54) is 0 Å². The summed E-state index contributed by atoms with van der Waals surface area (Å²) in [4.78, 5) is 28.0. The van der Waals surface area contributed by atoms with Crippen molar-refractivity contribution >= 4 is 17.5 Å². The Morgan fingerprint density at radius 1 is 1.25 bits per heavy atom. The van der Waals surface area contributed by atoms with Gasteiger partial charge >= 0.3 is 0 Å². The fourth-order valence-corrected chi connectivity index (χ4v) is 3.89. The monoisotopic (exact) mass is 381 g/mol. The van der Waals surface area contributed by atoms with Crippen molar-refractivity contribution in [3.8, 4) is 0 Å². The van der Waals surface area contributed by atoms with Gasteiger partial charge in [0.25, 0.3) is 0 Å². The van der Waals surface area contributed by atoms with Crippen LogP contribution in [0.2, 0.25) is 0 Å². The molecule has 2 aromatic rings. The predicted octanol–water partition coefficient (Wildman–Crippen LogP) is 1.12. The normalized spacial score (nSPS) is 22.0. The molecule has 0 radical (unpaired) electrons. The maximum Gasteiger partial charge on any atom is 0.220 e. The van der Waals surface area contributed by atoms with Crippen LogP contribution in [0.15, 0.2) is 24.5 Å². The number of nitrogen functional groups attached to an aromatic ring is 1. The van der Waals surface area contributed by atoms with Crippen molar-refractivity contribution in [3.05, 3.63) is 41.5 Å². The van der Waals surface area contributed by atoms with E-state index in [9.17, 15) is 4.79 Å². The molecule has 148 valence electrons. The molecule has 2 aliphatic rings. The van der Waals surface area contributed by atoms with Gasteiger partial charge in [-0.2, -0.15) is 0 Å². The molecule has 0 bridgehead atoms. The van der Waals surface area contributed by atoms with Gasteiger partial charge < -0.3 is 21.7 Å². The molecule has 0 aliphatic carbocycles. The molecule has 2 aromatic heterocycles. The quantitative estimate of drug-likeness (QED) is 0.712. The van der Waals surface area contributed by atoms with Gasteiger partial charge in [-0.1, -0.05) is 6.07 Å². The highest BCUT2D eigenvalue weighted by Gasteiger charge is 2.28. The van der Waals surface area contributed by atoms with Crippen LogP contribution in [-0.4, -0.2) is 39.5 Å². The number of amides is 1. The van der Waals surface area contributed by atoms with Crippen LogP contribution in [0.25, 0.3) is 0 Å². The fourth-order valence-electron chi connectivity index (χ4n) is 3.89. The molecule has 8 heteroatoms. The number of nitrogens with zero attached hydrogens (tertiary/aromatic N) is 4. The topological polar surface area (TPSA) is 123 Å². The molecular formula is C20H27N7O. The molecule has 8 nitrogen and oxygen atoms in total. The Balaban J connectivity index is 1.58. The van der Waals surface area contributed by atoms with Crippen molar-refractivity contribution in [1.29, 1.82) is 0 Å². The van der Waals surface area contributed by atoms with Crippen molar-refractivity contribution in [2.24, 2.45) is 5.73 Å². The lowest BCUT2D eigenvalue weighted by atomic mass is 9.91. The van der Waals surface area contributed by atoms with Crippen LogP contribution in [0.1, 0.15) is 49.2 Å². The molecule has 4 rings (SSSR count). The molecule has 28 heavy (non-hydrogen) atoms. The van der Waals surface area contributed by atoms with Gasteiger partial charge in [-0.15, -0.1) is 0 Å². The van der Waals surface area contributed by atoms with Crippen molar-refractivity contribution < 1.29 is 4.79 Å². The Labute approximate surface area is 164 Å². The number of pyridine rings is 1. The van der Waals surface area contributed by atoms with E-state index in [4.69, 9.17) is 11.5 Å². The highest BCUT2D eigenvalue weighted by atomic mass is 16.1. The molecule has 0 saturated carbocycles. The van der Waals surface area contributed by atoms with Crippen molar-refractivity contribution in [1.82, 2.24) is 20.3 Å². The minimum atomic E-state index is -0.314. The SMILES string of the molecule is CC1(N)CCN(c2cnc(C3Cc4cccnc4CCC(=O)N3)c(N)n2)CC1. The molecule has 1 atom stereocenters. The zero-order valence-electron chi connectivity index (χ0n) is 16.2. The highest BCUT2D eigenvalue weighted by molar-refractivity contribution is 5.77. The lowest BCUT2D eigenvalue weighted by molar-refractivity contribution is -0.121. The van der Waals surface area contributed by atoms with Crippen molar-refractivity contribution in [3.63, 3.8) is 0 Å². The molecule has 4 heterocycles. The largest absolute Gasteiger partial charge is 0.382 e. The third-order valence-corrected chi connectivity index (χ3v) is 5.71. The van der Waals surface area contributed by atoms with E-state index in [0.29, 0.717) is 30.8 Å². The van der Waals surface area contributed by atoms with Gasteiger partial charge in [0.1, 0.15) is 17.3 Å². The summed E-state index contributed by atoms with van der Waals surface area (Å²) in [5.74, 6) is 1.09. The number of fused-ring (bicyclic) bond motifs is 1. The van der Waals surface area contributed by atoms with Crippen molar-refractivity contribution in [2.75, 3.05) is 23.7 Å². The van der Waals surface area contributed by atoms with Crippen LogP contribution < -0.4 is 21.7 Å². The van der Waals surface area contributed by atoms with Crippen LogP contribution >= 0.6 is 0 Å². The lowest BCUT2D eigenvalue weighted by Crippen LogP contribution is -2.48. The lowest BCUT2D eigenvalue weighted by Gasteiger charge is -2.37. The Morgan fingerprint density at radius 2 is 2.04 bits per heavy atom. The number of anilines is 2. The number of hydrogen-bond acceptors (Lipinski definition) is 7. The summed E-state index contributed by atoms with van der Waals surface area (Å²) < 4.78 is 0. The van der Waals surface area contributed by atoms with Gasteiger partial charge in [0.2, 0.25) is 5.91 Å². The second kappa shape index (κ2) is 7.35. The second-order valence-electron chi connectivity index (χ2n) is 8.07. The van der Waals surface area contributed by atoms with Crippen LogP contribution in [0.5, 0.6) is 0 Å². The smallest absolute Gasteiger partial charge is 0.220 e. The number of piperidine rings is 1. The molecular weight excluding hydrogens is 354 g/mol. The molecule has 1 saturated heterocycles. The Bertz CT molecular complexity index is 873. The number of aromatic nitrogens is 3. The average Bonchev–Trinajstić information content (AvgIpc) is 2.65. The standard InChI is InChI=1S/C20H27N7O/c1-20(22)6-9-27(10-7-20)16-12-24-18(19(21)26-16)15-11-13-3-2-8-23-14(13)4-5-17(28)25-15/h2-3,8,12,15H,4-7,9-11,22H2,1H3,(H2,21,26)(H,25,28). The summed E-state index contributed by atoms with van der Waals surface area (Å²) >= 11 is 0. The molecule has 1 fully saturated rings. The molecule has 2 aliphatic heterocycles. The number of nitrogens with one attached hydrogen (secondary N) is 1. The molecule has 5 N–H and O–H groups in total. The number of hydrogen-bond donors (Lipinski definition) is 3. The highest BCUT2D eigenvalue weighted by Crippen LogP contribution is 2.28. The van der Waals surface area contributed by atoms with E-state index in [1.807, 2.05) is 12.1 Å². The summed E-state index contributed by atoms with van der Waals surface area (Å²) in [6.45, 7) is 3.75. The van der Waals surface area contributed by atoms with Crippen LogP contribution in [0.3, 0.4) is 0 Å². The Morgan fingerprint density at radius 3 is 2.79 bits per heavy atom. The third-order valence-electron chi connectivity index (χ3n) is 5.71. The second-order valence-corrected chi connectivity index (χ2v) is 8.07. The summed E-state index contributed by atoms with van der Waals surface area (Å²) in [5, 5.41) is 3.05. The fraction of sp³-hybridized carbons (Fsp3) is 0.500. The van der Waals surface area contributed by atoms with Crippen LogP contribution in [-0.2, 0) is 17.6 Å². The number of aryl methyl sites for hydroxylation is 1. The summed E-state index contributed by atoms with van der Waals surface area (Å²) in [6, 6.07) is 3.65. The van der Waals surface area contributed by atoms with Crippen LogP contribution in [0, 0.1) is 0 Å².